The zero-order valence-electron chi connectivity index (χ0n) is 14.5. The molecule has 1 aromatic carbocycles. The monoisotopic (exact) mass is 389 g/mol. The molecule has 0 aliphatic heterocycles. The summed E-state index contributed by atoms with van der Waals surface area (Å²) >= 11 is 0. The van der Waals surface area contributed by atoms with Crippen LogP contribution in [0, 0.1) is 11.8 Å². The highest BCUT2D eigenvalue weighted by molar-refractivity contribution is 5.89. The molecule has 1 heterocycles. The highest BCUT2D eigenvalue weighted by Gasteiger charge is 2.33. The average Bonchev–Trinajstić information content (AvgIpc) is 3.18. The maximum Gasteiger partial charge on any atom is 0.458 e. The zero-order valence-corrected chi connectivity index (χ0v) is 14.5. The van der Waals surface area contributed by atoms with Gasteiger partial charge in [0.05, 0.1) is 16.6 Å². The third kappa shape index (κ3) is 4.08. The molecule has 0 saturated heterocycles. The summed E-state index contributed by atoms with van der Waals surface area (Å²) < 4.78 is 84.1. The first kappa shape index (κ1) is 19.6. The van der Waals surface area contributed by atoms with E-state index >= 15 is 0 Å². The van der Waals surface area contributed by atoms with Crippen LogP contribution in [0.15, 0.2) is 18.2 Å². The molecule has 2 aromatic rings. The predicted molar refractivity (Wildman–Crippen MR) is 88.1 cm³/mol. The molecule has 3 rings (SSSR count). The van der Waals surface area contributed by atoms with Crippen molar-refractivity contribution in [2.45, 2.75) is 50.7 Å². The number of halogens is 6. The van der Waals surface area contributed by atoms with E-state index < -0.39 is 17.9 Å². The summed E-state index contributed by atoms with van der Waals surface area (Å²) in [5, 5.41) is 0.277. The van der Waals surface area contributed by atoms with Crippen molar-refractivity contribution in [3.05, 3.63) is 35.0 Å². The summed E-state index contributed by atoms with van der Waals surface area (Å²) in [5.74, 6) is 3.39. The van der Waals surface area contributed by atoms with Gasteiger partial charge < -0.3 is 9.30 Å². The van der Waals surface area contributed by atoms with E-state index in [-0.39, 0.29) is 29.1 Å². The molecule has 1 aliphatic carbocycles. The summed E-state index contributed by atoms with van der Waals surface area (Å²) in [4.78, 5) is 0. The van der Waals surface area contributed by atoms with E-state index in [1.54, 1.807) is 0 Å². The lowest BCUT2D eigenvalue weighted by Crippen LogP contribution is -2.10. The Bertz CT molecular complexity index is 891. The first-order valence-electron chi connectivity index (χ1n) is 8.44. The van der Waals surface area contributed by atoms with Gasteiger partial charge in [-0.1, -0.05) is 24.8 Å². The Balaban J connectivity index is 2.31. The number of nitrogens with zero attached hydrogens (tertiary/aromatic N) is 1. The Kier molecular flexibility index (Phi) is 5.17. The smallest absolute Gasteiger partial charge is 0.364 e. The van der Waals surface area contributed by atoms with Crippen molar-refractivity contribution >= 4 is 10.9 Å². The summed E-state index contributed by atoms with van der Waals surface area (Å²) in [7, 11) is 1.39. The maximum atomic E-state index is 13.1. The maximum absolute atomic E-state index is 13.1. The molecule has 27 heavy (non-hydrogen) atoms. The molecule has 0 amide bonds. The second-order valence-electron chi connectivity index (χ2n) is 6.56. The van der Waals surface area contributed by atoms with Crippen LogP contribution in [0.3, 0.4) is 0 Å². The van der Waals surface area contributed by atoms with Gasteiger partial charge in [-0.2, -0.15) is 26.3 Å². The van der Waals surface area contributed by atoms with Crippen LogP contribution in [-0.2, 0) is 17.6 Å². The molecule has 1 aromatic heterocycles. The lowest BCUT2D eigenvalue weighted by atomic mass is 9.98. The fraction of sp³-hybridized carbons (Fsp3) is 0.474. The van der Waals surface area contributed by atoms with Crippen LogP contribution in [-0.4, -0.2) is 17.9 Å². The second-order valence-corrected chi connectivity index (χ2v) is 6.56. The van der Waals surface area contributed by atoms with E-state index in [0.717, 1.165) is 37.8 Å². The Morgan fingerprint density at radius 3 is 2.33 bits per heavy atom. The van der Waals surface area contributed by atoms with Gasteiger partial charge >= 0.3 is 12.4 Å². The minimum atomic E-state index is -4.69. The Morgan fingerprint density at radius 2 is 1.78 bits per heavy atom. The molecule has 1 fully saturated rings. The normalized spacial score (nSPS) is 16.0. The molecule has 0 bridgehead atoms. The predicted octanol–water partition coefficient (Wildman–Crippen LogP) is 5.84. The zero-order chi connectivity index (χ0) is 19.8. The van der Waals surface area contributed by atoms with E-state index in [0.29, 0.717) is 5.69 Å². The van der Waals surface area contributed by atoms with Gasteiger partial charge in [-0.25, -0.2) is 0 Å². The molecule has 0 atom stereocenters. The Labute approximate surface area is 152 Å². The summed E-state index contributed by atoms with van der Waals surface area (Å²) in [6, 6.07) is 3.02. The van der Waals surface area contributed by atoms with Crippen molar-refractivity contribution in [3.8, 4) is 11.8 Å². The van der Waals surface area contributed by atoms with Crippen molar-refractivity contribution < 1.29 is 31.1 Å². The van der Waals surface area contributed by atoms with Crippen molar-refractivity contribution in [3.63, 3.8) is 0 Å². The number of methoxy groups -OCH3 is 1. The molecule has 8 heteroatoms. The quantitative estimate of drug-likeness (QED) is 0.476. The second kappa shape index (κ2) is 7.12. The molecule has 0 unspecified atom stereocenters. The summed E-state index contributed by atoms with van der Waals surface area (Å²) in [6.45, 7) is -0.0582. The number of hydrogen-bond donors (Lipinski definition) is 0. The van der Waals surface area contributed by atoms with E-state index in [2.05, 4.69) is 5.92 Å². The third-order valence-electron chi connectivity index (χ3n) is 4.76. The van der Waals surface area contributed by atoms with Crippen molar-refractivity contribution in [2.75, 3.05) is 7.11 Å². The highest BCUT2D eigenvalue weighted by atomic mass is 19.4. The molecule has 146 valence electrons. The minimum Gasteiger partial charge on any atom is -0.364 e. The van der Waals surface area contributed by atoms with Crippen molar-refractivity contribution in [1.29, 1.82) is 0 Å². The van der Waals surface area contributed by atoms with E-state index in [4.69, 9.17) is 4.74 Å². The van der Waals surface area contributed by atoms with Gasteiger partial charge in [0.15, 0.2) is 0 Å². The third-order valence-corrected chi connectivity index (χ3v) is 4.76. The largest absolute Gasteiger partial charge is 0.458 e. The molecule has 0 spiro atoms. The Morgan fingerprint density at radius 1 is 1.11 bits per heavy atom. The lowest BCUT2D eigenvalue weighted by molar-refractivity contribution is -0.137. The van der Waals surface area contributed by atoms with Gasteiger partial charge in [0, 0.05) is 30.0 Å². The molecule has 1 saturated carbocycles. The fourth-order valence-electron chi connectivity index (χ4n) is 3.70. The average molecular weight is 389 g/mol. The van der Waals surface area contributed by atoms with E-state index in [9.17, 15) is 26.3 Å². The first-order chi connectivity index (χ1) is 12.6. The minimum absolute atomic E-state index is 0.0561. The number of fused-ring (bicyclic) bond motifs is 1. The van der Waals surface area contributed by atoms with Crippen molar-refractivity contribution in [1.82, 2.24) is 4.57 Å². The lowest BCUT2D eigenvalue weighted by Gasteiger charge is -2.16. The number of ether oxygens (including phenoxy) is 1. The number of aromatic nitrogens is 1. The summed E-state index contributed by atoms with van der Waals surface area (Å²) in [6.07, 6.45) is -5.89. The topological polar surface area (TPSA) is 14.2 Å². The highest BCUT2D eigenvalue weighted by Crippen LogP contribution is 2.41. The molecule has 1 aliphatic rings. The molecule has 2 nitrogen and oxygen atoms in total. The Hall–Kier alpha value is -2.14. The van der Waals surface area contributed by atoms with Gasteiger partial charge in [0.1, 0.15) is 6.73 Å². The fourth-order valence-corrected chi connectivity index (χ4v) is 3.70. The number of alkyl halides is 6. The van der Waals surface area contributed by atoms with Crippen LogP contribution in [0.2, 0.25) is 0 Å². The van der Waals surface area contributed by atoms with Crippen LogP contribution < -0.4 is 0 Å². The number of hydrogen-bond acceptors (Lipinski definition) is 1. The number of benzene rings is 1. The van der Waals surface area contributed by atoms with Crippen LogP contribution in [0.4, 0.5) is 26.3 Å². The molecule has 0 radical (unpaired) electrons. The van der Waals surface area contributed by atoms with Gasteiger partial charge in [-0.05, 0) is 25.0 Å². The summed E-state index contributed by atoms with van der Waals surface area (Å²) in [5.41, 5.74) is -0.0152. The first-order valence-corrected chi connectivity index (χ1v) is 8.44. The molecule has 0 N–H and O–H groups in total. The number of rotatable bonds is 3. The molecular weight excluding hydrogens is 372 g/mol. The van der Waals surface area contributed by atoms with Gasteiger partial charge in [0.2, 0.25) is 0 Å². The SMILES string of the molecule is COCn1c(C2CCCC2)c(C#CC(F)(F)F)c2ccc(C(F)(F)F)cc21. The van der Waals surface area contributed by atoms with Gasteiger partial charge in [-0.15, -0.1) is 0 Å². The standard InChI is InChI=1S/C19H17F6NO/c1-27-11-26-16-10-13(19(23,24)25)6-7-14(16)15(8-9-18(20,21)22)17(26)12-4-2-3-5-12/h6-7,10,12H,2-5,11H2,1H3. The van der Waals surface area contributed by atoms with Crippen LogP contribution in [0.5, 0.6) is 0 Å². The van der Waals surface area contributed by atoms with Crippen LogP contribution in [0.1, 0.15) is 48.4 Å². The van der Waals surface area contributed by atoms with Crippen LogP contribution in [0.25, 0.3) is 10.9 Å². The molecular formula is C19H17F6NO. The van der Waals surface area contributed by atoms with E-state index in [1.807, 2.05) is 0 Å². The van der Waals surface area contributed by atoms with Gasteiger partial charge in [0.25, 0.3) is 0 Å². The van der Waals surface area contributed by atoms with Crippen molar-refractivity contribution in [2.24, 2.45) is 0 Å². The van der Waals surface area contributed by atoms with E-state index in [1.165, 1.54) is 23.7 Å². The van der Waals surface area contributed by atoms with Crippen LogP contribution >= 0.6 is 0 Å². The van der Waals surface area contributed by atoms with Gasteiger partial charge in [-0.3, -0.25) is 0 Å².